The molecular formula is C11H20O. The summed E-state index contributed by atoms with van der Waals surface area (Å²) in [5.41, 5.74) is 0.0775. The van der Waals surface area contributed by atoms with Crippen LogP contribution in [0.3, 0.4) is 0 Å². The van der Waals surface area contributed by atoms with Crippen LogP contribution in [0.15, 0.2) is 0 Å². The van der Waals surface area contributed by atoms with Crippen molar-refractivity contribution in [1.82, 2.24) is 0 Å². The molecule has 1 atom stereocenters. The van der Waals surface area contributed by atoms with Crippen molar-refractivity contribution in [3.63, 3.8) is 0 Å². The molecule has 1 heteroatoms. The number of carbonyl (C=O) groups excluding carboxylic acids is 1. The second-order valence-electron chi connectivity index (χ2n) is 4.51. The Hall–Kier alpha value is -0.330. The maximum atomic E-state index is 11.7. The van der Waals surface area contributed by atoms with Gasteiger partial charge in [-0.2, -0.15) is 0 Å². The van der Waals surface area contributed by atoms with Crippen LogP contribution in [0.2, 0.25) is 0 Å². The smallest absolute Gasteiger partial charge is 0.139 e. The van der Waals surface area contributed by atoms with Crippen molar-refractivity contribution < 1.29 is 4.79 Å². The van der Waals surface area contributed by atoms with Gasteiger partial charge >= 0.3 is 0 Å². The normalized spacial score (nSPS) is 30.2. The minimum Gasteiger partial charge on any atom is -0.299 e. The third kappa shape index (κ3) is 1.70. The Kier molecular flexibility index (Phi) is 2.92. The van der Waals surface area contributed by atoms with Crippen molar-refractivity contribution >= 4 is 5.78 Å². The van der Waals surface area contributed by atoms with E-state index in [1.807, 2.05) is 0 Å². The summed E-state index contributed by atoms with van der Waals surface area (Å²) < 4.78 is 0. The molecule has 1 rings (SSSR count). The maximum absolute atomic E-state index is 11.7. The summed E-state index contributed by atoms with van der Waals surface area (Å²) in [6.45, 7) is 6.58. The van der Waals surface area contributed by atoms with E-state index in [2.05, 4.69) is 20.8 Å². The van der Waals surface area contributed by atoms with E-state index in [-0.39, 0.29) is 5.41 Å². The molecule has 0 heterocycles. The molecule has 0 amide bonds. The summed E-state index contributed by atoms with van der Waals surface area (Å²) in [5.74, 6) is 1.19. The van der Waals surface area contributed by atoms with Crippen molar-refractivity contribution in [2.24, 2.45) is 11.3 Å². The molecule has 1 nitrogen and oxygen atoms in total. The predicted molar refractivity (Wildman–Crippen MR) is 51.0 cm³/mol. The number of carbonyl (C=O) groups is 1. The van der Waals surface area contributed by atoms with Gasteiger partial charge < -0.3 is 0 Å². The van der Waals surface area contributed by atoms with Gasteiger partial charge in [-0.05, 0) is 31.6 Å². The van der Waals surface area contributed by atoms with Gasteiger partial charge in [0, 0.05) is 11.8 Å². The first-order chi connectivity index (χ1) is 5.60. The summed E-state index contributed by atoms with van der Waals surface area (Å²) in [7, 11) is 0. The van der Waals surface area contributed by atoms with Crippen LogP contribution in [0.25, 0.3) is 0 Å². The molecule has 12 heavy (non-hydrogen) atoms. The molecule has 0 aromatic heterocycles. The van der Waals surface area contributed by atoms with E-state index in [4.69, 9.17) is 0 Å². The van der Waals surface area contributed by atoms with Crippen molar-refractivity contribution in [3.8, 4) is 0 Å². The summed E-state index contributed by atoms with van der Waals surface area (Å²) in [4.78, 5) is 11.7. The number of rotatable bonds is 3. The van der Waals surface area contributed by atoms with Crippen LogP contribution < -0.4 is 0 Å². The van der Waals surface area contributed by atoms with Crippen molar-refractivity contribution in [2.45, 2.75) is 52.9 Å². The zero-order valence-corrected chi connectivity index (χ0v) is 8.52. The lowest BCUT2D eigenvalue weighted by atomic mass is 9.76. The lowest BCUT2D eigenvalue weighted by molar-refractivity contribution is -0.126. The van der Waals surface area contributed by atoms with Crippen molar-refractivity contribution in [1.29, 1.82) is 0 Å². The molecule has 0 aliphatic heterocycles. The van der Waals surface area contributed by atoms with Gasteiger partial charge in [0.2, 0.25) is 0 Å². The van der Waals surface area contributed by atoms with Crippen LogP contribution in [0, 0.1) is 11.3 Å². The lowest BCUT2D eigenvalue weighted by Gasteiger charge is -2.27. The Bertz CT molecular complexity index is 172. The fourth-order valence-corrected chi connectivity index (χ4v) is 2.51. The first-order valence-electron chi connectivity index (χ1n) is 5.14. The zero-order chi connectivity index (χ0) is 9.19. The quantitative estimate of drug-likeness (QED) is 0.632. The Labute approximate surface area is 75.5 Å². The van der Waals surface area contributed by atoms with Gasteiger partial charge in [-0.3, -0.25) is 4.79 Å². The molecule has 1 fully saturated rings. The zero-order valence-electron chi connectivity index (χ0n) is 8.52. The van der Waals surface area contributed by atoms with Crippen LogP contribution in [0.4, 0.5) is 0 Å². The van der Waals surface area contributed by atoms with E-state index in [0.717, 1.165) is 32.1 Å². The van der Waals surface area contributed by atoms with Crippen LogP contribution in [0.5, 0.6) is 0 Å². The van der Waals surface area contributed by atoms with E-state index in [1.54, 1.807) is 0 Å². The molecule has 0 spiro atoms. The molecule has 0 aromatic rings. The Morgan fingerprint density at radius 2 is 2.17 bits per heavy atom. The summed E-state index contributed by atoms with van der Waals surface area (Å²) in [6.07, 6.45) is 5.24. The predicted octanol–water partition coefficient (Wildman–Crippen LogP) is 3.18. The minimum atomic E-state index is 0.0775. The molecule has 0 radical (unpaired) electrons. The monoisotopic (exact) mass is 168 g/mol. The van der Waals surface area contributed by atoms with Gasteiger partial charge in [0.1, 0.15) is 5.78 Å². The van der Waals surface area contributed by atoms with Gasteiger partial charge in [-0.1, -0.05) is 20.8 Å². The summed E-state index contributed by atoms with van der Waals surface area (Å²) >= 11 is 0. The Balaban J connectivity index is 2.68. The minimum absolute atomic E-state index is 0.0775. The maximum Gasteiger partial charge on any atom is 0.139 e. The van der Waals surface area contributed by atoms with Gasteiger partial charge in [-0.25, -0.2) is 0 Å². The number of Topliss-reactive ketones (excluding diaryl/α,β-unsaturated/α-hetero) is 1. The van der Waals surface area contributed by atoms with Gasteiger partial charge in [0.15, 0.2) is 0 Å². The summed E-state index contributed by atoms with van der Waals surface area (Å²) in [6, 6.07) is 0. The largest absolute Gasteiger partial charge is 0.299 e. The molecule has 70 valence electrons. The molecular weight excluding hydrogens is 148 g/mol. The highest BCUT2D eigenvalue weighted by Gasteiger charge is 2.40. The fraction of sp³-hybridized carbons (Fsp3) is 0.909. The number of hydrogen-bond donors (Lipinski definition) is 0. The first-order valence-corrected chi connectivity index (χ1v) is 5.14. The van der Waals surface area contributed by atoms with E-state index in [9.17, 15) is 4.79 Å². The SMILES string of the molecule is CCC1(CC(C)C)CCCC1=O. The van der Waals surface area contributed by atoms with Crippen LogP contribution in [-0.4, -0.2) is 5.78 Å². The number of ketones is 1. The molecule has 1 aliphatic rings. The second kappa shape index (κ2) is 3.59. The van der Waals surface area contributed by atoms with Gasteiger partial charge in [-0.15, -0.1) is 0 Å². The van der Waals surface area contributed by atoms with Crippen LogP contribution in [0.1, 0.15) is 52.9 Å². The standard InChI is InChI=1S/C11H20O/c1-4-11(8-9(2)3)7-5-6-10(11)12/h9H,4-8H2,1-3H3. The molecule has 1 saturated carbocycles. The van der Waals surface area contributed by atoms with E-state index in [1.165, 1.54) is 0 Å². The molecule has 0 bridgehead atoms. The average molecular weight is 168 g/mol. The van der Waals surface area contributed by atoms with Crippen LogP contribution >= 0.6 is 0 Å². The highest BCUT2D eigenvalue weighted by Crippen LogP contribution is 2.42. The third-order valence-corrected chi connectivity index (χ3v) is 3.13. The molecule has 0 N–H and O–H groups in total. The Morgan fingerprint density at radius 3 is 2.50 bits per heavy atom. The second-order valence-corrected chi connectivity index (χ2v) is 4.51. The fourth-order valence-electron chi connectivity index (χ4n) is 2.51. The summed E-state index contributed by atoms with van der Waals surface area (Å²) in [5, 5.41) is 0. The van der Waals surface area contributed by atoms with Crippen molar-refractivity contribution in [3.05, 3.63) is 0 Å². The molecule has 1 unspecified atom stereocenters. The van der Waals surface area contributed by atoms with Gasteiger partial charge in [0.25, 0.3) is 0 Å². The van der Waals surface area contributed by atoms with E-state index < -0.39 is 0 Å². The third-order valence-electron chi connectivity index (χ3n) is 3.13. The van der Waals surface area contributed by atoms with Crippen LogP contribution in [-0.2, 0) is 4.79 Å². The Morgan fingerprint density at radius 1 is 1.50 bits per heavy atom. The number of hydrogen-bond acceptors (Lipinski definition) is 1. The molecule has 0 aromatic carbocycles. The average Bonchev–Trinajstić information content (AvgIpc) is 2.32. The topological polar surface area (TPSA) is 17.1 Å². The molecule has 0 saturated heterocycles. The van der Waals surface area contributed by atoms with E-state index >= 15 is 0 Å². The molecule has 1 aliphatic carbocycles. The van der Waals surface area contributed by atoms with E-state index in [0.29, 0.717) is 11.7 Å². The van der Waals surface area contributed by atoms with Gasteiger partial charge in [0.05, 0.1) is 0 Å². The van der Waals surface area contributed by atoms with Crippen molar-refractivity contribution in [2.75, 3.05) is 0 Å². The highest BCUT2D eigenvalue weighted by molar-refractivity contribution is 5.86. The highest BCUT2D eigenvalue weighted by atomic mass is 16.1. The first kappa shape index (κ1) is 9.76. The lowest BCUT2D eigenvalue weighted by Crippen LogP contribution is -2.26.